The van der Waals surface area contributed by atoms with Gasteiger partial charge in [0.25, 0.3) is 0 Å². The molecule has 0 aliphatic carbocycles. The molecular formula is C17H14N4. The smallest absolute Gasteiger partial charge is 0.223 e. The van der Waals surface area contributed by atoms with Crippen LogP contribution in [0.4, 0.5) is 5.95 Å². The lowest BCUT2D eigenvalue weighted by atomic mass is 10.1. The Balaban J connectivity index is 1.81. The van der Waals surface area contributed by atoms with Gasteiger partial charge in [-0.05, 0) is 30.7 Å². The first-order chi connectivity index (χ1) is 10.3. The van der Waals surface area contributed by atoms with Gasteiger partial charge in [0, 0.05) is 11.6 Å². The third-order valence-corrected chi connectivity index (χ3v) is 3.37. The summed E-state index contributed by atoms with van der Waals surface area (Å²) < 4.78 is 0. The molecule has 0 spiro atoms. The van der Waals surface area contributed by atoms with E-state index < -0.39 is 0 Å². The number of rotatable bonds is 3. The van der Waals surface area contributed by atoms with Crippen molar-refractivity contribution in [3.05, 3.63) is 65.9 Å². The maximum atomic E-state index is 8.82. The number of hydrogen-bond acceptors (Lipinski definition) is 4. The van der Waals surface area contributed by atoms with Crippen molar-refractivity contribution in [2.24, 2.45) is 0 Å². The molecule has 0 aliphatic heterocycles. The van der Waals surface area contributed by atoms with Gasteiger partial charge in [0.2, 0.25) is 5.95 Å². The number of nitriles is 1. The molecule has 4 nitrogen and oxygen atoms in total. The van der Waals surface area contributed by atoms with Crippen LogP contribution < -0.4 is 5.32 Å². The zero-order chi connectivity index (χ0) is 14.7. The number of para-hydroxylation sites is 1. The molecule has 0 fully saturated rings. The summed E-state index contributed by atoms with van der Waals surface area (Å²) in [5.41, 5.74) is 2.67. The van der Waals surface area contributed by atoms with Crippen molar-refractivity contribution in [3.63, 3.8) is 0 Å². The van der Waals surface area contributed by atoms with E-state index in [9.17, 15) is 0 Å². The summed E-state index contributed by atoms with van der Waals surface area (Å²) in [6, 6.07) is 17.6. The van der Waals surface area contributed by atoms with Crippen molar-refractivity contribution >= 4 is 16.9 Å². The zero-order valence-electron chi connectivity index (χ0n) is 11.6. The predicted octanol–water partition coefficient (Wildman–Crippen LogP) is 3.67. The number of benzene rings is 2. The number of anilines is 1. The van der Waals surface area contributed by atoms with Crippen LogP contribution in [-0.4, -0.2) is 9.97 Å². The zero-order valence-corrected chi connectivity index (χ0v) is 11.6. The molecule has 0 bridgehead atoms. The maximum Gasteiger partial charge on any atom is 0.223 e. The Hall–Kier alpha value is -2.93. The average molecular weight is 274 g/mol. The quantitative estimate of drug-likeness (QED) is 0.791. The van der Waals surface area contributed by atoms with Crippen molar-refractivity contribution < 1.29 is 0 Å². The number of hydrogen-bond donors (Lipinski definition) is 1. The van der Waals surface area contributed by atoms with Crippen molar-refractivity contribution in [1.82, 2.24) is 9.97 Å². The number of aromatic nitrogens is 2. The lowest BCUT2D eigenvalue weighted by Crippen LogP contribution is -2.09. The van der Waals surface area contributed by atoms with Crippen LogP contribution in [0.2, 0.25) is 0 Å². The molecule has 0 radical (unpaired) electrons. The van der Waals surface area contributed by atoms with E-state index in [1.54, 1.807) is 0 Å². The van der Waals surface area contributed by atoms with E-state index in [1.807, 2.05) is 61.7 Å². The molecule has 1 aromatic heterocycles. The second-order valence-corrected chi connectivity index (χ2v) is 4.85. The standard InChI is InChI=1S/C17H14N4/c1-12(14-8-6-13(10-18)7-9-14)20-17-19-11-15-4-2-3-5-16(15)21-17/h2-9,11-12H,1H3,(H,19,20,21). The van der Waals surface area contributed by atoms with E-state index in [4.69, 9.17) is 5.26 Å². The first-order valence-electron chi connectivity index (χ1n) is 6.74. The van der Waals surface area contributed by atoms with Crippen LogP contribution in [-0.2, 0) is 0 Å². The summed E-state index contributed by atoms with van der Waals surface area (Å²) >= 11 is 0. The van der Waals surface area contributed by atoms with Crippen LogP contribution in [0.5, 0.6) is 0 Å². The predicted molar refractivity (Wildman–Crippen MR) is 82.7 cm³/mol. The minimum absolute atomic E-state index is 0.0684. The van der Waals surface area contributed by atoms with E-state index in [-0.39, 0.29) is 6.04 Å². The molecular weight excluding hydrogens is 260 g/mol. The molecule has 0 aliphatic rings. The average Bonchev–Trinajstić information content (AvgIpc) is 2.55. The first-order valence-corrected chi connectivity index (χ1v) is 6.74. The fourth-order valence-corrected chi connectivity index (χ4v) is 2.17. The Bertz CT molecular complexity index is 803. The normalized spacial score (nSPS) is 11.8. The van der Waals surface area contributed by atoms with Crippen LogP contribution in [0.25, 0.3) is 10.9 Å². The minimum Gasteiger partial charge on any atom is -0.348 e. The van der Waals surface area contributed by atoms with Crippen molar-refractivity contribution in [3.8, 4) is 6.07 Å². The molecule has 3 aromatic rings. The van der Waals surface area contributed by atoms with Gasteiger partial charge in [-0.2, -0.15) is 5.26 Å². The van der Waals surface area contributed by atoms with Crippen LogP contribution in [0.15, 0.2) is 54.7 Å². The van der Waals surface area contributed by atoms with Crippen molar-refractivity contribution in [1.29, 1.82) is 5.26 Å². The van der Waals surface area contributed by atoms with Crippen LogP contribution >= 0.6 is 0 Å². The Morgan fingerprint density at radius 3 is 2.62 bits per heavy atom. The Labute approximate surface area is 123 Å². The van der Waals surface area contributed by atoms with E-state index in [2.05, 4.69) is 21.4 Å². The van der Waals surface area contributed by atoms with Gasteiger partial charge in [-0.3, -0.25) is 0 Å². The highest BCUT2D eigenvalue weighted by molar-refractivity contribution is 5.78. The molecule has 1 unspecified atom stereocenters. The number of nitrogens with one attached hydrogen (secondary N) is 1. The molecule has 102 valence electrons. The van der Waals surface area contributed by atoms with E-state index in [0.29, 0.717) is 11.5 Å². The van der Waals surface area contributed by atoms with Gasteiger partial charge in [0.1, 0.15) is 0 Å². The first kappa shape index (κ1) is 13.1. The Morgan fingerprint density at radius 2 is 1.86 bits per heavy atom. The highest BCUT2D eigenvalue weighted by Gasteiger charge is 2.07. The molecule has 4 heteroatoms. The van der Waals surface area contributed by atoms with E-state index in [0.717, 1.165) is 16.5 Å². The minimum atomic E-state index is 0.0684. The molecule has 1 heterocycles. The topological polar surface area (TPSA) is 61.6 Å². The molecule has 2 aromatic carbocycles. The Kier molecular flexibility index (Phi) is 3.48. The van der Waals surface area contributed by atoms with E-state index in [1.165, 1.54) is 0 Å². The third kappa shape index (κ3) is 2.82. The van der Waals surface area contributed by atoms with Gasteiger partial charge in [0.15, 0.2) is 0 Å². The fraction of sp³-hybridized carbons (Fsp3) is 0.118. The molecule has 1 atom stereocenters. The fourth-order valence-electron chi connectivity index (χ4n) is 2.17. The summed E-state index contributed by atoms with van der Waals surface area (Å²) in [5, 5.41) is 13.1. The van der Waals surface area contributed by atoms with Crippen molar-refractivity contribution in [2.45, 2.75) is 13.0 Å². The summed E-state index contributed by atoms with van der Waals surface area (Å²) in [6.07, 6.45) is 1.82. The van der Waals surface area contributed by atoms with E-state index >= 15 is 0 Å². The molecule has 0 saturated heterocycles. The van der Waals surface area contributed by atoms with Crippen molar-refractivity contribution in [2.75, 3.05) is 5.32 Å². The van der Waals surface area contributed by atoms with Gasteiger partial charge in [-0.1, -0.05) is 30.3 Å². The summed E-state index contributed by atoms with van der Waals surface area (Å²) in [4.78, 5) is 8.83. The van der Waals surface area contributed by atoms with Gasteiger partial charge in [-0.25, -0.2) is 9.97 Å². The molecule has 1 N–H and O–H groups in total. The second kappa shape index (κ2) is 5.59. The summed E-state index contributed by atoms with van der Waals surface area (Å²) in [5.74, 6) is 0.602. The molecule has 0 amide bonds. The highest BCUT2D eigenvalue weighted by Crippen LogP contribution is 2.19. The lowest BCUT2D eigenvalue weighted by molar-refractivity contribution is 0.863. The van der Waals surface area contributed by atoms with Gasteiger partial charge in [-0.15, -0.1) is 0 Å². The van der Waals surface area contributed by atoms with Crippen LogP contribution in [0.1, 0.15) is 24.1 Å². The third-order valence-electron chi connectivity index (χ3n) is 3.37. The summed E-state index contributed by atoms with van der Waals surface area (Å²) in [7, 11) is 0. The summed E-state index contributed by atoms with van der Waals surface area (Å²) in [6.45, 7) is 2.04. The molecule has 3 rings (SSSR count). The SMILES string of the molecule is CC(Nc1ncc2ccccc2n1)c1ccc(C#N)cc1. The number of fused-ring (bicyclic) bond motifs is 1. The monoisotopic (exact) mass is 274 g/mol. The van der Waals surface area contributed by atoms with Crippen LogP contribution in [0.3, 0.4) is 0 Å². The highest BCUT2D eigenvalue weighted by atomic mass is 15.1. The Morgan fingerprint density at radius 1 is 1.10 bits per heavy atom. The number of nitrogens with zero attached hydrogens (tertiary/aromatic N) is 3. The van der Waals surface area contributed by atoms with Gasteiger partial charge >= 0.3 is 0 Å². The lowest BCUT2D eigenvalue weighted by Gasteiger charge is -2.14. The largest absolute Gasteiger partial charge is 0.348 e. The molecule has 0 saturated carbocycles. The second-order valence-electron chi connectivity index (χ2n) is 4.85. The molecule has 21 heavy (non-hydrogen) atoms. The van der Waals surface area contributed by atoms with Crippen LogP contribution in [0, 0.1) is 11.3 Å². The maximum absolute atomic E-state index is 8.82. The van der Waals surface area contributed by atoms with Gasteiger partial charge in [0.05, 0.1) is 23.2 Å². The van der Waals surface area contributed by atoms with Gasteiger partial charge < -0.3 is 5.32 Å².